The molecule has 14 nitrogen and oxygen atoms in total. The maximum Gasteiger partial charge on any atom is 0.329 e. The summed E-state index contributed by atoms with van der Waals surface area (Å²) in [4.78, 5) is 58.0. The highest BCUT2D eigenvalue weighted by Crippen LogP contribution is 2.14. The first kappa shape index (κ1) is 46.2. The Hall–Kier alpha value is -2.81. The largest absolute Gasteiger partial charge is 0.480 e. The Morgan fingerprint density at radius 2 is 0.959 bits per heavy atom. The van der Waals surface area contributed by atoms with E-state index in [9.17, 15) is 29.1 Å². The smallest absolute Gasteiger partial charge is 0.329 e. The normalized spacial score (nSPS) is 11.6. The number of ether oxygens (including phenoxy) is 4. The Labute approximate surface area is 293 Å². The summed E-state index contributed by atoms with van der Waals surface area (Å²) in [7, 11) is 0. The molecule has 286 valence electrons. The first-order chi connectivity index (χ1) is 23.8. The zero-order chi connectivity index (χ0) is 36.2. The van der Waals surface area contributed by atoms with Crippen molar-refractivity contribution in [3.8, 4) is 0 Å². The molecule has 1 atom stereocenters. The molecule has 0 bridgehead atoms. The number of carbonyl (C=O) groups excluding carboxylic acids is 3. The van der Waals surface area contributed by atoms with Gasteiger partial charge in [-0.3, -0.25) is 14.4 Å². The van der Waals surface area contributed by atoms with Crippen molar-refractivity contribution in [2.24, 2.45) is 0 Å². The van der Waals surface area contributed by atoms with E-state index in [1.54, 1.807) is 0 Å². The maximum atomic E-state index is 12.3. The summed E-state index contributed by atoms with van der Waals surface area (Å²) in [5.74, 6) is -3.17. The second-order valence-electron chi connectivity index (χ2n) is 12.1. The molecule has 0 heterocycles. The number of hydrogen-bond acceptors (Lipinski definition) is 9. The first-order valence-corrected chi connectivity index (χ1v) is 18.3. The fraction of sp³-hybridized carbons (Fsp3) is 0.857. The van der Waals surface area contributed by atoms with Gasteiger partial charge in [-0.15, -0.1) is 0 Å². The fourth-order valence-electron chi connectivity index (χ4n) is 4.89. The molecule has 0 aromatic heterocycles. The van der Waals surface area contributed by atoms with Crippen LogP contribution in [0.25, 0.3) is 0 Å². The van der Waals surface area contributed by atoms with Gasteiger partial charge in [0.15, 0.2) is 0 Å². The van der Waals surface area contributed by atoms with E-state index in [1.807, 2.05) is 0 Å². The van der Waals surface area contributed by atoms with Gasteiger partial charge in [0.1, 0.15) is 19.3 Å². The summed E-state index contributed by atoms with van der Waals surface area (Å²) in [6, 6.07) is -1.11. The predicted molar refractivity (Wildman–Crippen MR) is 185 cm³/mol. The summed E-state index contributed by atoms with van der Waals surface area (Å²) in [5, 5.41) is 25.7. The minimum absolute atomic E-state index is 0.00411. The number of nitrogens with one attached hydrogen (secondary N) is 3. The minimum Gasteiger partial charge on any atom is -0.480 e. The molecule has 0 saturated heterocycles. The Morgan fingerprint density at radius 3 is 1.45 bits per heavy atom. The molecule has 3 amide bonds. The molecule has 0 aromatic rings. The molecule has 5 N–H and O–H groups in total. The van der Waals surface area contributed by atoms with Gasteiger partial charge in [-0.25, -0.2) is 9.59 Å². The number of rotatable bonds is 37. The molecule has 0 saturated carbocycles. The van der Waals surface area contributed by atoms with Crippen molar-refractivity contribution in [3.05, 3.63) is 0 Å². The topological polar surface area (TPSA) is 199 Å². The Morgan fingerprint density at radius 1 is 0.510 bits per heavy atom. The van der Waals surface area contributed by atoms with Gasteiger partial charge in [0.25, 0.3) is 0 Å². The van der Waals surface area contributed by atoms with Crippen molar-refractivity contribution in [2.45, 2.75) is 129 Å². The van der Waals surface area contributed by atoms with E-state index in [1.165, 1.54) is 77.0 Å². The SMILES string of the molecule is CCCCCCCCCCCCCCCCCC(=O)N[C@@H](CCC(=O)NCCOCCOCC(=O)NCCOCCOCC(=O)O)C(=O)O. The number of carbonyl (C=O) groups is 5. The summed E-state index contributed by atoms with van der Waals surface area (Å²) in [6.45, 7) is 3.45. The van der Waals surface area contributed by atoms with E-state index < -0.39 is 18.0 Å². The highest BCUT2D eigenvalue weighted by molar-refractivity contribution is 5.84. The highest BCUT2D eigenvalue weighted by Gasteiger charge is 2.20. The van der Waals surface area contributed by atoms with Crippen LogP contribution < -0.4 is 16.0 Å². The Bertz CT molecular complexity index is 861. The van der Waals surface area contributed by atoms with E-state index in [4.69, 9.17) is 24.1 Å². The molecule has 14 heteroatoms. The fourth-order valence-corrected chi connectivity index (χ4v) is 4.89. The molecule has 0 aliphatic rings. The van der Waals surface area contributed by atoms with Crippen LogP contribution in [-0.4, -0.2) is 112 Å². The number of aliphatic carboxylic acids is 2. The Balaban J connectivity index is 3.67. The molecule has 0 rings (SSSR count). The van der Waals surface area contributed by atoms with Crippen molar-refractivity contribution in [2.75, 3.05) is 65.9 Å². The van der Waals surface area contributed by atoms with Gasteiger partial charge >= 0.3 is 11.9 Å². The van der Waals surface area contributed by atoms with Gasteiger partial charge in [0.2, 0.25) is 17.7 Å². The minimum atomic E-state index is -1.16. The van der Waals surface area contributed by atoms with Crippen LogP contribution in [0.2, 0.25) is 0 Å². The van der Waals surface area contributed by atoms with Gasteiger partial charge in [0, 0.05) is 25.9 Å². The molecule has 0 radical (unpaired) electrons. The van der Waals surface area contributed by atoms with Crippen molar-refractivity contribution >= 4 is 29.7 Å². The van der Waals surface area contributed by atoms with Crippen LogP contribution in [0, 0.1) is 0 Å². The van der Waals surface area contributed by atoms with E-state index in [-0.39, 0.29) is 103 Å². The van der Waals surface area contributed by atoms with Gasteiger partial charge < -0.3 is 45.1 Å². The van der Waals surface area contributed by atoms with Gasteiger partial charge in [-0.05, 0) is 12.8 Å². The number of carboxylic acid groups (broad SMARTS) is 2. The van der Waals surface area contributed by atoms with Gasteiger partial charge in [-0.1, -0.05) is 96.8 Å². The van der Waals surface area contributed by atoms with E-state index >= 15 is 0 Å². The molecule has 0 aliphatic carbocycles. The molecule has 0 spiro atoms. The molecule has 0 aromatic carbocycles. The van der Waals surface area contributed by atoms with E-state index in [2.05, 4.69) is 22.9 Å². The average Bonchev–Trinajstić information content (AvgIpc) is 3.06. The summed E-state index contributed by atoms with van der Waals surface area (Å²) < 4.78 is 20.6. The van der Waals surface area contributed by atoms with E-state index in [0.29, 0.717) is 0 Å². The van der Waals surface area contributed by atoms with E-state index in [0.717, 1.165) is 19.3 Å². The van der Waals surface area contributed by atoms with Crippen molar-refractivity contribution in [1.29, 1.82) is 0 Å². The van der Waals surface area contributed by atoms with Crippen molar-refractivity contribution in [3.63, 3.8) is 0 Å². The zero-order valence-corrected chi connectivity index (χ0v) is 29.9. The quantitative estimate of drug-likeness (QED) is 0.0587. The molecule has 0 fully saturated rings. The lowest BCUT2D eigenvalue weighted by molar-refractivity contribution is -0.143. The maximum absolute atomic E-state index is 12.3. The Kier molecular flexibility index (Phi) is 33.0. The number of amides is 3. The molecular weight excluding hydrogens is 638 g/mol. The van der Waals surface area contributed by atoms with Crippen LogP contribution in [0.1, 0.15) is 122 Å². The van der Waals surface area contributed by atoms with Crippen molar-refractivity contribution < 1.29 is 53.1 Å². The number of carboxylic acids is 2. The number of unbranched alkanes of at least 4 members (excludes halogenated alkanes) is 14. The van der Waals surface area contributed by atoms with Crippen LogP contribution in [0.15, 0.2) is 0 Å². The lowest BCUT2D eigenvalue weighted by Crippen LogP contribution is -2.41. The van der Waals surface area contributed by atoms with Gasteiger partial charge in [0.05, 0.1) is 39.6 Å². The third-order valence-corrected chi connectivity index (χ3v) is 7.64. The predicted octanol–water partition coefficient (Wildman–Crippen LogP) is 3.98. The third kappa shape index (κ3) is 34.8. The number of hydrogen-bond donors (Lipinski definition) is 5. The highest BCUT2D eigenvalue weighted by atomic mass is 16.5. The summed E-state index contributed by atoms with van der Waals surface area (Å²) >= 11 is 0. The molecule has 0 unspecified atom stereocenters. The lowest BCUT2D eigenvalue weighted by atomic mass is 10.0. The van der Waals surface area contributed by atoms with Crippen LogP contribution >= 0.6 is 0 Å². The van der Waals surface area contributed by atoms with Gasteiger partial charge in [-0.2, -0.15) is 0 Å². The summed E-state index contributed by atoms with van der Waals surface area (Å²) in [6.07, 6.45) is 18.8. The second-order valence-corrected chi connectivity index (χ2v) is 12.1. The summed E-state index contributed by atoms with van der Waals surface area (Å²) in [5.41, 5.74) is 0. The van der Waals surface area contributed by atoms with Crippen LogP contribution in [0.4, 0.5) is 0 Å². The molecular formula is C35H65N3O11. The first-order valence-electron chi connectivity index (χ1n) is 18.3. The second kappa shape index (κ2) is 35.0. The van der Waals surface area contributed by atoms with Crippen LogP contribution in [-0.2, 0) is 42.9 Å². The van der Waals surface area contributed by atoms with Crippen LogP contribution in [0.5, 0.6) is 0 Å². The zero-order valence-electron chi connectivity index (χ0n) is 29.9. The van der Waals surface area contributed by atoms with Crippen molar-refractivity contribution in [1.82, 2.24) is 16.0 Å². The third-order valence-electron chi connectivity index (χ3n) is 7.64. The monoisotopic (exact) mass is 703 g/mol. The molecule has 49 heavy (non-hydrogen) atoms. The van der Waals surface area contributed by atoms with Crippen LogP contribution in [0.3, 0.4) is 0 Å². The molecule has 0 aliphatic heterocycles. The average molecular weight is 704 g/mol. The standard InChI is InChI=1S/C35H65N3O11/c1-2-3-4-5-6-7-8-9-10-11-12-13-14-15-16-17-32(40)38-30(35(44)45)18-19-31(39)36-20-22-46-24-26-48-28-33(41)37-21-23-47-25-27-49-29-34(42)43/h30H,2-29H2,1H3,(H,36,39)(H,37,41)(H,38,40)(H,42,43)(H,44,45)/t30-/m0/s1. The lowest BCUT2D eigenvalue weighted by Gasteiger charge is -2.14.